The van der Waals surface area contributed by atoms with Crippen LogP contribution in [0.5, 0.6) is 0 Å². The lowest BCUT2D eigenvalue weighted by Gasteiger charge is -2.32. The predicted octanol–water partition coefficient (Wildman–Crippen LogP) is 1.11. The first-order chi connectivity index (χ1) is 8.79. The van der Waals surface area contributed by atoms with Crippen molar-refractivity contribution in [2.24, 2.45) is 0 Å². The van der Waals surface area contributed by atoms with Gasteiger partial charge in [0.1, 0.15) is 12.0 Å². The molecule has 1 aliphatic heterocycles. The van der Waals surface area contributed by atoms with Crippen LogP contribution in [0.15, 0.2) is 18.2 Å². The molecule has 1 heterocycles. The highest BCUT2D eigenvalue weighted by Gasteiger charge is 2.37. The highest BCUT2D eigenvalue weighted by Crippen LogP contribution is 2.17. The average Bonchev–Trinajstić information content (AvgIpc) is 2.27. The van der Waals surface area contributed by atoms with Crippen molar-refractivity contribution >= 4 is 27.7 Å². The molecule has 1 amide bonds. The number of benzene rings is 1. The Balaban J connectivity index is 2.15. The Morgan fingerprint density at radius 3 is 2.63 bits per heavy atom. The first-order valence-electron chi connectivity index (χ1n) is 5.21. The largest absolute Gasteiger partial charge is 0.304 e. The molecule has 9 heteroatoms. The van der Waals surface area contributed by atoms with Gasteiger partial charge in [0.25, 0.3) is 5.91 Å². The first kappa shape index (κ1) is 14.2. The van der Waals surface area contributed by atoms with Crippen molar-refractivity contribution in [3.63, 3.8) is 0 Å². The molecule has 5 nitrogen and oxygen atoms in total. The van der Waals surface area contributed by atoms with Gasteiger partial charge in [0.05, 0.1) is 5.56 Å². The van der Waals surface area contributed by atoms with E-state index in [-0.39, 0.29) is 18.1 Å². The monoisotopic (exact) mass is 310 g/mol. The normalized spacial score (nSPS) is 17.0. The van der Waals surface area contributed by atoms with Crippen LogP contribution < -0.4 is 4.72 Å². The van der Waals surface area contributed by atoms with Gasteiger partial charge in [-0.1, -0.05) is 11.6 Å². The molecule has 1 aliphatic rings. The molecule has 1 saturated heterocycles. The van der Waals surface area contributed by atoms with Crippen molar-refractivity contribution in [3.8, 4) is 0 Å². The SMILES string of the molecule is O=C(NS(=O)(=O)N1CC(F)C1)c1cc(Cl)ccc1F. The molecular formula is C10H9ClF2N2O3S. The molecular weight excluding hydrogens is 302 g/mol. The van der Waals surface area contributed by atoms with E-state index in [0.29, 0.717) is 0 Å². The number of alkyl halides is 1. The Labute approximate surface area is 113 Å². The smallest absolute Gasteiger partial charge is 0.268 e. The average molecular weight is 311 g/mol. The van der Waals surface area contributed by atoms with E-state index in [1.54, 1.807) is 4.72 Å². The zero-order valence-corrected chi connectivity index (χ0v) is 11.0. The summed E-state index contributed by atoms with van der Waals surface area (Å²) in [6, 6.07) is 3.19. The van der Waals surface area contributed by atoms with Gasteiger partial charge in [-0.2, -0.15) is 12.7 Å². The predicted molar refractivity (Wildman–Crippen MR) is 64.3 cm³/mol. The van der Waals surface area contributed by atoms with Crippen molar-refractivity contribution < 1.29 is 22.0 Å². The van der Waals surface area contributed by atoms with Crippen molar-refractivity contribution in [2.75, 3.05) is 13.1 Å². The summed E-state index contributed by atoms with van der Waals surface area (Å²) in [6.45, 7) is -0.638. The number of hydrogen-bond donors (Lipinski definition) is 1. The maximum atomic E-state index is 13.4. The van der Waals surface area contributed by atoms with Crippen LogP contribution in [-0.4, -0.2) is 37.9 Å². The number of halogens is 3. The molecule has 0 spiro atoms. The fraction of sp³-hybridized carbons (Fsp3) is 0.300. The fourth-order valence-corrected chi connectivity index (χ4v) is 2.85. The van der Waals surface area contributed by atoms with Gasteiger partial charge < -0.3 is 0 Å². The number of hydrogen-bond acceptors (Lipinski definition) is 3. The molecule has 2 rings (SSSR count). The second kappa shape index (κ2) is 5.03. The van der Waals surface area contributed by atoms with Crippen molar-refractivity contribution in [1.82, 2.24) is 9.03 Å². The minimum absolute atomic E-state index is 0.0942. The number of nitrogens with zero attached hydrogens (tertiary/aromatic N) is 1. The lowest BCUT2D eigenvalue weighted by Crippen LogP contribution is -2.56. The van der Waals surface area contributed by atoms with Gasteiger partial charge >= 0.3 is 10.2 Å². The van der Waals surface area contributed by atoms with Crippen LogP contribution in [0.2, 0.25) is 5.02 Å². The van der Waals surface area contributed by atoms with Crippen molar-refractivity contribution in [1.29, 1.82) is 0 Å². The molecule has 0 radical (unpaired) electrons. The van der Waals surface area contributed by atoms with E-state index in [1.807, 2.05) is 0 Å². The van der Waals surface area contributed by atoms with Crippen LogP contribution in [0.25, 0.3) is 0 Å². The van der Waals surface area contributed by atoms with Gasteiger partial charge in [0.2, 0.25) is 0 Å². The van der Waals surface area contributed by atoms with Gasteiger partial charge in [0, 0.05) is 18.1 Å². The van der Waals surface area contributed by atoms with Gasteiger partial charge in [-0.3, -0.25) is 4.79 Å². The summed E-state index contributed by atoms with van der Waals surface area (Å²) >= 11 is 5.60. The van der Waals surface area contributed by atoms with E-state index in [4.69, 9.17) is 11.6 Å². The summed E-state index contributed by atoms with van der Waals surface area (Å²) < 4.78 is 51.6. The standard InChI is InChI=1S/C10H9ClF2N2O3S/c11-6-1-2-9(13)8(3-6)10(16)14-19(17,18)15-4-7(12)5-15/h1-3,7H,4-5H2,(H,14,16). The number of amides is 1. The first-order valence-corrected chi connectivity index (χ1v) is 7.03. The Bertz CT molecular complexity index is 617. The van der Waals surface area contributed by atoms with Gasteiger partial charge in [-0.05, 0) is 18.2 Å². The summed E-state index contributed by atoms with van der Waals surface area (Å²) in [5.74, 6) is -2.05. The lowest BCUT2D eigenvalue weighted by molar-refractivity contribution is 0.0964. The zero-order valence-electron chi connectivity index (χ0n) is 9.44. The van der Waals surface area contributed by atoms with Crippen molar-refractivity contribution in [2.45, 2.75) is 6.17 Å². The Morgan fingerprint density at radius 1 is 1.42 bits per heavy atom. The van der Waals surface area contributed by atoms with Crippen LogP contribution >= 0.6 is 11.6 Å². The van der Waals surface area contributed by atoms with E-state index in [2.05, 4.69) is 0 Å². The highest BCUT2D eigenvalue weighted by atomic mass is 35.5. The van der Waals surface area contributed by atoms with Crippen LogP contribution in [0, 0.1) is 5.82 Å². The summed E-state index contributed by atoms with van der Waals surface area (Å²) in [4.78, 5) is 11.7. The van der Waals surface area contributed by atoms with Crippen LogP contribution in [0.4, 0.5) is 8.78 Å². The van der Waals surface area contributed by atoms with E-state index >= 15 is 0 Å². The molecule has 1 aromatic rings. The summed E-state index contributed by atoms with van der Waals surface area (Å²) in [6.07, 6.45) is -1.24. The molecule has 19 heavy (non-hydrogen) atoms. The van der Waals surface area contributed by atoms with Gasteiger partial charge in [0.15, 0.2) is 0 Å². The summed E-state index contributed by atoms with van der Waals surface area (Å²) in [7, 11) is -4.15. The maximum Gasteiger partial charge on any atom is 0.304 e. The number of rotatable bonds is 3. The number of carbonyl (C=O) groups is 1. The van der Waals surface area contributed by atoms with Crippen molar-refractivity contribution in [3.05, 3.63) is 34.6 Å². The van der Waals surface area contributed by atoms with Gasteiger partial charge in [-0.15, -0.1) is 0 Å². The second-order valence-corrected chi connectivity index (χ2v) is 6.08. The number of carbonyl (C=O) groups excluding carboxylic acids is 1. The molecule has 0 unspecified atom stereocenters. The third kappa shape index (κ3) is 3.02. The quantitative estimate of drug-likeness (QED) is 0.909. The van der Waals surface area contributed by atoms with E-state index in [0.717, 1.165) is 16.4 Å². The van der Waals surface area contributed by atoms with Crippen LogP contribution in [0.1, 0.15) is 10.4 Å². The third-order valence-electron chi connectivity index (χ3n) is 2.54. The molecule has 104 valence electrons. The minimum atomic E-state index is -4.15. The molecule has 0 aromatic heterocycles. The van der Waals surface area contributed by atoms with E-state index < -0.39 is 33.7 Å². The van der Waals surface area contributed by atoms with Crippen LogP contribution in [-0.2, 0) is 10.2 Å². The maximum absolute atomic E-state index is 13.4. The van der Waals surface area contributed by atoms with E-state index in [1.165, 1.54) is 6.07 Å². The Morgan fingerprint density at radius 2 is 2.05 bits per heavy atom. The summed E-state index contributed by atoms with van der Waals surface area (Å²) in [5.41, 5.74) is -0.492. The zero-order chi connectivity index (χ0) is 14.2. The lowest BCUT2D eigenvalue weighted by atomic mass is 10.2. The molecule has 1 N–H and O–H groups in total. The molecule has 0 atom stereocenters. The molecule has 0 aliphatic carbocycles. The molecule has 1 aromatic carbocycles. The van der Waals surface area contributed by atoms with E-state index in [9.17, 15) is 22.0 Å². The molecule has 0 saturated carbocycles. The summed E-state index contributed by atoms with van der Waals surface area (Å²) in [5, 5.41) is 0.0942. The Hall–Kier alpha value is -1.25. The molecule has 0 bridgehead atoms. The Kier molecular flexibility index (Phi) is 3.75. The van der Waals surface area contributed by atoms with Gasteiger partial charge in [-0.25, -0.2) is 13.5 Å². The highest BCUT2D eigenvalue weighted by molar-refractivity contribution is 7.87. The van der Waals surface area contributed by atoms with Crippen LogP contribution in [0.3, 0.4) is 0 Å². The molecule has 1 fully saturated rings. The number of nitrogens with one attached hydrogen (secondary N) is 1. The third-order valence-corrected chi connectivity index (χ3v) is 4.19. The minimum Gasteiger partial charge on any atom is -0.268 e. The topological polar surface area (TPSA) is 66.5 Å². The fourth-order valence-electron chi connectivity index (χ4n) is 1.49. The second-order valence-electron chi connectivity index (χ2n) is 3.97.